The predicted octanol–water partition coefficient (Wildman–Crippen LogP) is 0.541. The van der Waals surface area contributed by atoms with Gasteiger partial charge in [0.15, 0.2) is 0 Å². The molecule has 3 rings (SSSR count). The van der Waals surface area contributed by atoms with E-state index in [0.29, 0.717) is 44.5 Å². The molecule has 9 heteroatoms. The minimum atomic E-state index is -3.49. The van der Waals surface area contributed by atoms with Crippen LogP contribution in [0.2, 0.25) is 0 Å². The lowest BCUT2D eigenvalue weighted by Gasteiger charge is -2.32. The highest BCUT2D eigenvalue weighted by Crippen LogP contribution is 2.35. The number of aryl methyl sites for hydroxylation is 1. The van der Waals surface area contributed by atoms with E-state index in [1.165, 1.54) is 4.31 Å². The summed E-state index contributed by atoms with van der Waals surface area (Å²) >= 11 is 0. The van der Waals surface area contributed by atoms with Crippen molar-refractivity contribution in [2.24, 2.45) is 0 Å². The van der Waals surface area contributed by atoms with Gasteiger partial charge in [0.2, 0.25) is 0 Å². The molecule has 1 aromatic heterocycles. The van der Waals surface area contributed by atoms with Gasteiger partial charge < -0.3 is 10.1 Å². The smallest absolute Gasteiger partial charge is 0.282 e. The van der Waals surface area contributed by atoms with Crippen LogP contribution >= 0.6 is 0 Å². The third-order valence-corrected chi connectivity index (χ3v) is 6.30. The number of hydrogen-bond donors (Lipinski definition) is 1. The zero-order chi connectivity index (χ0) is 16.4. The fraction of sp³-hybridized carbons (Fsp3) is 0.714. The first kappa shape index (κ1) is 16.6. The number of ether oxygens (including phenoxy) is 1. The summed E-state index contributed by atoms with van der Waals surface area (Å²) in [5, 5.41) is 3.00. The predicted molar refractivity (Wildman–Crippen MR) is 86.3 cm³/mol. The second-order valence-corrected chi connectivity index (χ2v) is 7.64. The van der Waals surface area contributed by atoms with E-state index in [4.69, 9.17) is 4.74 Å². The zero-order valence-electron chi connectivity index (χ0n) is 13.5. The molecule has 0 saturated carbocycles. The monoisotopic (exact) mass is 341 g/mol. The fourth-order valence-electron chi connectivity index (χ4n) is 3.13. The summed E-state index contributed by atoms with van der Waals surface area (Å²) < 4.78 is 34.3. The summed E-state index contributed by atoms with van der Waals surface area (Å²) in [7, 11) is -1.69. The molecule has 0 bridgehead atoms. The average Bonchev–Trinajstić information content (AvgIpc) is 3.05. The van der Waals surface area contributed by atoms with E-state index < -0.39 is 10.2 Å². The van der Waals surface area contributed by atoms with Gasteiger partial charge in [0.05, 0.1) is 24.9 Å². The number of hydrogen-bond acceptors (Lipinski definition) is 6. The maximum absolute atomic E-state index is 12.9. The average molecular weight is 341 g/mol. The van der Waals surface area contributed by atoms with Gasteiger partial charge in [-0.3, -0.25) is 0 Å². The Kier molecular flexibility index (Phi) is 4.81. The molecule has 0 spiro atoms. The van der Waals surface area contributed by atoms with E-state index in [0.717, 1.165) is 18.5 Å². The Morgan fingerprint density at radius 2 is 2.00 bits per heavy atom. The highest BCUT2D eigenvalue weighted by molar-refractivity contribution is 7.86. The molecule has 2 fully saturated rings. The molecule has 2 saturated heterocycles. The van der Waals surface area contributed by atoms with Gasteiger partial charge in [-0.05, 0) is 19.8 Å². The number of nitrogens with zero attached hydrogens (tertiary/aromatic N) is 4. The van der Waals surface area contributed by atoms with Gasteiger partial charge in [0.25, 0.3) is 10.2 Å². The Hall–Kier alpha value is -1.29. The summed E-state index contributed by atoms with van der Waals surface area (Å²) in [6.45, 7) is 4.08. The molecular formula is C14H23N5O3S. The molecule has 128 valence electrons. The molecule has 2 aliphatic rings. The molecule has 0 radical (unpaired) electrons. The van der Waals surface area contributed by atoms with Gasteiger partial charge in [-0.15, -0.1) is 0 Å². The largest absolute Gasteiger partial charge is 0.379 e. The molecule has 8 nitrogen and oxygen atoms in total. The Morgan fingerprint density at radius 3 is 2.70 bits per heavy atom. The fourth-order valence-corrected chi connectivity index (χ4v) is 4.93. The van der Waals surface area contributed by atoms with Crippen molar-refractivity contribution >= 4 is 16.0 Å². The molecule has 0 aliphatic carbocycles. The molecule has 0 aromatic carbocycles. The number of morpholine rings is 1. The highest BCUT2D eigenvalue weighted by Gasteiger charge is 2.40. The van der Waals surface area contributed by atoms with Crippen molar-refractivity contribution in [3.63, 3.8) is 0 Å². The van der Waals surface area contributed by atoms with E-state index in [-0.39, 0.29) is 6.04 Å². The van der Waals surface area contributed by atoms with Crippen molar-refractivity contribution < 1.29 is 13.2 Å². The molecule has 1 aromatic rings. The van der Waals surface area contributed by atoms with Gasteiger partial charge in [0.1, 0.15) is 11.6 Å². The van der Waals surface area contributed by atoms with E-state index in [9.17, 15) is 8.42 Å². The molecule has 23 heavy (non-hydrogen) atoms. The van der Waals surface area contributed by atoms with E-state index >= 15 is 0 Å². The van der Waals surface area contributed by atoms with Crippen molar-refractivity contribution in [2.45, 2.75) is 25.8 Å². The van der Waals surface area contributed by atoms with Crippen LogP contribution in [0, 0.1) is 6.92 Å². The lowest BCUT2D eigenvalue weighted by molar-refractivity contribution is 0.0698. The van der Waals surface area contributed by atoms with E-state index in [1.54, 1.807) is 11.4 Å². The number of anilines is 1. The first-order chi connectivity index (χ1) is 11.0. The van der Waals surface area contributed by atoms with Crippen LogP contribution in [-0.4, -0.2) is 66.9 Å². The summed E-state index contributed by atoms with van der Waals surface area (Å²) in [6, 6.07) is 1.61. The molecular weight excluding hydrogens is 318 g/mol. The number of nitrogens with one attached hydrogen (secondary N) is 1. The highest BCUT2D eigenvalue weighted by atomic mass is 32.2. The molecule has 1 unspecified atom stereocenters. The first-order valence-electron chi connectivity index (χ1n) is 7.90. The Balaban J connectivity index is 1.89. The lowest BCUT2D eigenvalue weighted by atomic mass is 10.1. The molecule has 2 aliphatic heterocycles. The van der Waals surface area contributed by atoms with E-state index in [1.807, 2.05) is 13.0 Å². The van der Waals surface area contributed by atoms with Gasteiger partial charge in [-0.25, -0.2) is 9.97 Å². The van der Waals surface area contributed by atoms with Gasteiger partial charge in [0, 0.05) is 32.7 Å². The van der Waals surface area contributed by atoms with Crippen molar-refractivity contribution in [3.8, 4) is 0 Å². The lowest BCUT2D eigenvalue weighted by Crippen LogP contribution is -2.48. The van der Waals surface area contributed by atoms with E-state index in [2.05, 4.69) is 15.3 Å². The number of rotatable bonds is 4. The summed E-state index contributed by atoms with van der Waals surface area (Å²) in [5.74, 6) is 1.35. The first-order valence-corrected chi connectivity index (χ1v) is 9.30. The zero-order valence-corrected chi connectivity index (χ0v) is 14.3. The van der Waals surface area contributed by atoms with Crippen molar-refractivity contribution in [1.29, 1.82) is 0 Å². The van der Waals surface area contributed by atoms with Gasteiger partial charge >= 0.3 is 0 Å². The van der Waals surface area contributed by atoms with Crippen LogP contribution < -0.4 is 5.32 Å². The molecule has 1 N–H and O–H groups in total. The maximum Gasteiger partial charge on any atom is 0.282 e. The topological polar surface area (TPSA) is 87.7 Å². The molecule has 0 amide bonds. The molecule has 3 heterocycles. The summed E-state index contributed by atoms with van der Waals surface area (Å²) in [5.41, 5.74) is 0.760. The normalized spacial score (nSPS) is 24.0. The Morgan fingerprint density at radius 1 is 1.26 bits per heavy atom. The Bertz CT molecular complexity index is 660. The minimum absolute atomic E-state index is 0.225. The van der Waals surface area contributed by atoms with Crippen LogP contribution in [0.25, 0.3) is 0 Å². The second-order valence-electron chi connectivity index (χ2n) is 5.76. The summed E-state index contributed by atoms with van der Waals surface area (Å²) in [4.78, 5) is 8.76. The summed E-state index contributed by atoms with van der Waals surface area (Å²) in [6.07, 6.45) is 1.62. The van der Waals surface area contributed by atoms with Crippen LogP contribution in [-0.2, 0) is 14.9 Å². The van der Waals surface area contributed by atoms with Crippen LogP contribution in [0.3, 0.4) is 0 Å². The molecule has 1 atom stereocenters. The van der Waals surface area contributed by atoms with Gasteiger partial charge in [-0.2, -0.15) is 17.0 Å². The van der Waals surface area contributed by atoms with Crippen LogP contribution in [0.1, 0.15) is 30.4 Å². The van der Waals surface area contributed by atoms with Gasteiger partial charge in [-0.1, -0.05) is 0 Å². The van der Waals surface area contributed by atoms with Crippen molar-refractivity contribution in [3.05, 3.63) is 17.6 Å². The quantitative estimate of drug-likeness (QED) is 0.860. The third kappa shape index (κ3) is 3.32. The minimum Gasteiger partial charge on any atom is -0.379 e. The Labute approximate surface area is 137 Å². The standard InChI is InChI=1S/C14H23N5O3S/c1-11-16-12(10-14(15-2)17-11)13-4-3-5-19(13)23(20,21)18-6-8-22-9-7-18/h10,13H,3-9H2,1-2H3,(H,15,16,17). The van der Waals surface area contributed by atoms with Crippen molar-refractivity contribution in [2.75, 3.05) is 45.2 Å². The van der Waals surface area contributed by atoms with Crippen LogP contribution in [0.5, 0.6) is 0 Å². The van der Waals surface area contributed by atoms with Crippen LogP contribution in [0.4, 0.5) is 5.82 Å². The maximum atomic E-state index is 12.9. The van der Waals surface area contributed by atoms with Crippen LogP contribution in [0.15, 0.2) is 6.07 Å². The second kappa shape index (κ2) is 6.68. The third-order valence-electron chi connectivity index (χ3n) is 4.25. The SMILES string of the molecule is CNc1cc(C2CCCN2S(=O)(=O)N2CCOCC2)nc(C)n1. The van der Waals surface area contributed by atoms with Crippen molar-refractivity contribution in [1.82, 2.24) is 18.6 Å². The number of aromatic nitrogens is 2.